The fraction of sp³-hybridized carbons (Fsp3) is 0.500. The van der Waals surface area contributed by atoms with Gasteiger partial charge in [-0.15, -0.1) is 0 Å². The molecule has 0 aromatic heterocycles. The van der Waals surface area contributed by atoms with Crippen LogP contribution >= 0.6 is 27.5 Å². The van der Waals surface area contributed by atoms with Gasteiger partial charge in [0.1, 0.15) is 5.75 Å². The van der Waals surface area contributed by atoms with Crippen molar-refractivity contribution in [1.82, 2.24) is 5.32 Å². The molecule has 0 fully saturated rings. The van der Waals surface area contributed by atoms with Crippen molar-refractivity contribution in [3.8, 4) is 5.75 Å². The number of rotatable bonds is 6. The van der Waals surface area contributed by atoms with Gasteiger partial charge in [0.15, 0.2) is 0 Å². The van der Waals surface area contributed by atoms with Crippen LogP contribution in [0.5, 0.6) is 5.75 Å². The molecular formula is C14H19BrClNO2. The number of amides is 1. The second-order valence-electron chi connectivity index (χ2n) is 4.65. The van der Waals surface area contributed by atoms with Crippen molar-refractivity contribution in [2.45, 2.75) is 32.2 Å². The Bertz CT molecular complexity index is 453. The number of halogens is 2. The summed E-state index contributed by atoms with van der Waals surface area (Å²) in [6.07, 6.45) is 1.73. The third-order valence-corrected chi connectivity index (χ3v) is 3.88. The molecule has 0 saturated heterocycles. The molecule has 1 amide bonds. The zero-order valence-corrected chi connectivity index (χ0v) is 13.8. The van der Waals surface area contributed by atoms with Crippen molar-refractivity contribution in [1.29, 1.82) is 0 Å². The van der Waals surface area contributed by atoms with Gasteiger partial charge in [-0.2, -0.15) is 0 Å². The molecule has 1 aromatic carbocycles. The second-order valence-corrected chi connectivity index (χ2v) is 5.88. The lowest BCUT2D eigenvalue weighted by atomic mass is 9.95. The smallest absolute Gasteiger partial charge is 0.255 e. The highest BCUT2D eigenvalue weighted by molar-refractivity contribution is 9.09. The Morgan fingerprint density at radius 3 is 2.74 bits per heavy atom. The number of methoxy groups -OCH3 is 1. The molecule has 19 heavy (non-hydrogen) atoms. The molecule has 1 atom stereocenters. The van der Waals surface area contributed by atoms with E-state index >= 15 is 0 Å². The Balaban J connectivity index is 2.94. The highest BCUT2D eigenvalue weighted by atomic mass is 79.9. The Kier molecular flexibility index (Phi) is 6.14. The summed E-state index contributed by atoms with van der Waals surface area (Å²) in [7, 11) is 1.53. The summed E-state index contributed by atoms with van der Waals surface area (Å²) in [5.41, 5.74) is 0.270. The quantitative estimate of drug-likeness (QED) is 0.788. The van der Waals surface area contributed by atoms with Crippen molar-refractivity contribution in [2.75, 3.05) is 12.4 Å². The average Bonchev–Trinajstić information content (AvgIpc) is 2.38. The first-order valence-corrected chi connectivity index (χ1v) is 7.67. The third kappa shape index (κ3) is 4.39. The zero-order chi connectivity index (χ0) is 14.5. The largest absolute Gasteiger partial charge is 0.496 e. The fourth-order valence-electron chi connectivity index (χ4n) is 1.73. The maximum absolute atomic E-state index is 12.3. The molecule has 3 nitrogen and oxygen atoms in total. The number of nitrogens with one attached hydrogen (secondary N) is 1. The predicted octanol–water partition coefficient (Wildman–Crippen LogP) is 4.03. The van der Waals surface area contributed by atoms with Crippen molar-refractivity contribution in [3.63, 3.8) is 0 Å². The predicted molar refractivity (Wildman–Crippen MR) is 82.6 cm³/mol. The first-order valence-electron chi connectivity index (χ1n) is 6.17. The third-order valence-electron chi connectivity index (χ3n) is 3.25. The second kappa shape index (κ2) is 7.15. The van der Waals surface area contributed by atoms with Crippen LogP contribution in [0, 0.1) is 0 Å². The molecular weight excluding hydrogens is 330 g/mol. The number of alkyl halides is 1. The summed E-state index contributed by atoms with van der Waals surface area (Å²) in [5.74, 6) is 0.348. The van der Waals surface area contributed by atoms with Gasteiger partial charge in [-0.25, -0.2) is 0 Å². The van der Waals surface area contributed by atoms with E-state index in [1.54, 1.807) is 18.2 Å². The summed E-state index contributed by atoms with van der Waals surface area (Å²) in [5, 5.41) is 4.45. The molecule has 0 radical (unpaired) electrons. The van der Waals surface area contributed by atoms with Crippen LogP contribution in [0.1, 0.15) is 37.0 Å². The van der Waals surface area contributed by atoms with Gasteiger partial charge < -0.3 is 10.1 Å². The number of carbonyl (C=O) groups excluding carboxylic acids is 1. The maximum atomic E-state index is 12.3. The first kappa shape index (κ1) is 16.3. The summed E-state index contributed by atoms with van der Waals surface area (Å²) in [6, 6.07) is 5.01. The minimum atomic E-state index is -0.231. The van der Waals surface area contributed by atoms with Crippen LogP contribution < -0.4 is 10.1 Å². The normalized spacial score (nSPS) is 13.7. The van der Waals surface area contributed by atoms with Crippen molar-refractivity contribution < 1.29 is 9.53 Å². The van der Waals surface area contributed by atoms with E-state index in [0.717, 1.165) is 18.2 Å². The minimum absolute atomic E-state index is 0.140. The van der Waals surface area contributed by atoms with E-state index in [0.29, 0.717) is 16.3 Å². The molecule has 1 unspecified atom stereocenters. The molecule has 1 rings (SSSR count). The van der Waals surface area contributed by atoms with E-state index in [-0.39, 0.29) is 11.4 Å². The van der Waals surface area contributed by atoms with Crippen molar-refractivity contribution >= 4 is 33.4 Å². The van der Waals surface area contributed by atoms with E-state index in [1.807, 2.05) is 6.92 Å². The van der Waals surface area contributed by atoms with Crippen LogP contribution in [0.2, 0.25) is 5.02 Å². The monoisotopic (exact) mass is 347 g/mol. The molecule has 0 saturated carbocycles. The van der Waals surface area contributed by atoms with Crippen LogP contribution in [0.15, 0.2) is 18.2 Å². The molecule has 0 bridgehead atoms. The van der Waals surface area contributed by atoms with Crippen LogP contribution in [-0.2, 0) is 0 Å². The van der Waals surface area contributed by atoms with Crippen LogP contribution in [0.3, 0.4) is 0 Å². The molecule has 1 N–H and O–H groups in total. The fourth-order valence-corrected chi connectivity index (χ4v) is 2.77. The average molecular weight is 349 g/mol. The topological polar surface area (TPSA) is 38.3 Å². The summed E-state index contributed by atoms with van der Waals surface area (Å²) in [4.78, 5) is 12.3. The van der Waals surface area contributed by atoms with Crippen molar-refractivity contribution in [3.05, 3.63) is 28.8 Å². The SMILES string of the molecule is CCC(C)(CCBr)NC(=O)c1ccc(Cl)cc1OC. The Morgan fingerprint density at radius 2 is 2.21 bits per heavy atom. The van der Waals surface area contributed by atoms with Gasteiger partial charge in [0.05, 0.1) is 12.7 Å². The maximum Gasteiger partial charge on any atom is 0.255 e. The van der Waals surface area contributed by atoms with E-state index in [2.05, 4.69) is 28.2 Å². The van der Waals surface area contributed by atoms with Gasteiger partial charge in [-0.3, -0.25) is 4.79 Å². The van der Waals surface area contributed by atoms with Crippen LogP contribution in [0.25, 0.3) is 0 Å². The summed E-state index contributed by atoms with van der Waals surface area (Å²) in [6.45, 7) is 4.09. The molecule has 0 aliphatic carbocycles. The highest BCUT2D eigenvalue weighted by Crippen LogP contribution is 2.24. The standard InChI is InChI=1S/C14H19BrClNO2/c1-4-14(2,7-8-15)17-13(18)11-6-5-10(16)9-12(11)19-3/h5-6,9H,4,7-8H2,1-3H3,(H,17,18). The summed E-state index contributed by atoms with van der Waals surface area (Å²) < 4.78 is 5.20. The van der Waals surface area contributed by atoms with E-state index in [4.69, 9.17) is 16.3 Å². The first-order chi connectivity index (χ1) is 8.95. The Morgan fingerprint density at radius 1 is 1.53 bits per heavy atom. The molecule has 0 heterocycles. The molecule has 0 aliphatic rings. The van der Waals surface area contributed by atoms with Crippen molar-refractivity contribution in [2.24, 2.45) is 0 Å². The van der Waals surface area contributed by atoms with Gasteiger partial charge in [-0.05, 0) is 38.0 Å². The molecule has 1 aromatic rings. The zero-order valence-electron chi connectivity index (χ0n) is 11.4. The van der Waals surface area contributed by atoms with Gasteiger partial charge in [0, 0.05) is 15.9 Å². The van der Waals surface area contributed by atoms with Gasteiger partial charge in [-0.1, -0.05) is 34.5 Å². The number of benzene rings is 1. The Labute approximate surface area is 127 Å². The lowest BCUT2D eigenvalue weighted by Gasteiger charge is -2.29. The number of hydrogen-bond acceptors (Lipinski definition) is 2. The number of carbonyl (C=O) groups is 1. The van der Waals surface area contributed by atoms with Gasteiger partial charge in [0.25, 0.3) is 5.91 Å². The molecule has 0 aliphatic heterocycles. The lowest BCUT2D eigenvalue weighted by Crippen LogP contribution is -2.45. The number of ether oxygens (including phenoxy) is 1. The molecule has 106 valence electrons. The Hall–Kier alpha value is -0.740. The van der Waals surface area contributed by atoms with E-state index < -0.39 is 0 Å². The molecule has 5 heteroatoms. The molecule has 0 spiro atoms. The van der Waals surface area contributed by atoms with Gasteiger partial charge in [0.2, 0.25) is 0 Å². The van der Waals surface area contributed by atoms with Gasteiger partial charge >= 0.3 is 0 Å². The van der Waals surface area contributed by atoms with E-state index in [1.165, 1.54) is 7.11 Å². The highest BCUT2D eigenvalue weighted by Gasteiger charge is 2.25. The van der Waals surface area contributed by atoms with E-state index in [9.17, 15) is 4.79 Å². The lowest BCUT2D eigenvalue weighted by molar-refractivity contribution is 0.0899. The minimum Gasteiger partial charge on any atom is -0.496 e. The summed E-state index contributed by atoms with van der Waals surface area (Å²) >= 11 is 9.31. The van der Waals surface area contributed by atoms with Crippen LogP contribution in [0.4, 0.5) is 0 Å². The number of hydrogen-bond donors (Lipinski definition) is 1. The van der Waals surface area contributed by atoms with Crippen LogP contribution in [-0.4, -0.2) is 23.9 Å².